The number of allylic oxidation sites excluding steroid dienone is 2. The molecule has 0 saturated carbocycles. The van der Waals surface area contributed by atoms with Crippen LogP contribution in [0.25, 0.3) is 6.08 Å². The van der Waals surface area contributed by atoms with E-state index in [1.54, 1.807) is 6.34 Å². The molecule has 0 amide bonds. The highest BCUT2D eigenvalue weighted by Gasteiger charge is 2.26. The molecule has 36 heavy (non-hydrogen) atoms. The zero-order valence-electron chi connectivity index (χ0n) is 22.0. The van der Waals surface area contributed by atoms with E-state index in [4.69, 9.17) is 10.8 Å². The monoisotopic (exact) mass is 485 g/mol. The van der Waals surface area contributed by atoms with Gasteiger partial charge in [0.25, 0.3) is 0 Å². The molecular weight excluding hydrogens is 446 g/mol. The van der Waals surface area contributed by atoms with E-state index in [9.17, 15) is 0 Å². The largest absolute Gasteiger partial charge is 0.382 e. The molecule has 1 aromatic heterocycles. The predicted molar refractivity (Wildman–Crippen MR) is 150 cm³/mol. The van der Waals surface area contributed by atoms with Gasteiger partial charge in [-0.3, -0.25) is 9.69 Å². The predicted octanol–water partition coefficient (Wildman–Crippen LogP) is 4.87. The summed E-state index contributed by atoms with van der Waals surface area (Å²) in [6.45, 7) is 11.4. The molecule has 190 valence electrons. The number of hydrogen-bond donors (Lipinski definition) is 2. The lowest BCUT2D eigenvalue weighted by molar-refractivity contribution is 0.312. The molecular formula is C29H39N7. The average Bonchev–Trinajstić information content (AvgIpc) is 3.22. The van der Waals surface area contributed by atoms with E-state index in [2.05, 4.69) is 96.8 Å². The minimum absolute atomic E-state index is 0.159. The Bertz CT molecular complexity index is 1180. The molecule has 0 aliphatic carbocycles. The number of aryl methyl sites for hydroxylation is 1. The van der Waals surface area contributed by atoms with E-state index in [0.29, 0.717) is 11.8 Å². The van der Waals surface area contributed by atoms with Crippen LogP contribution in [0.2, 0.25) is 0 Å². The number of rotatable bonds is 9. The topological polar surface area (TPSA) is 83.8 Å². The van der Waals surface area contributed by atoms with Crippen LogP contribution in [0.5, 0.6) is 0 Å². The Morgan fingerprint density at radius 1 is 1.22 bits per heavy atom. The highest BCUT2D eigenvalue weighted by Crippen LogP contribution is 2.27. The quantitative estimate of drug-likeness (QED) is 0.497. The van der Waals surface area contributed by atoms with Crippen LogP contribution in [0.1, 0.15) is 56.9 Å². The molecule has 0 spiro atoms. The van der Waals surface area contributed by atoms with Crippen molar-refractivity contribution in [1.29, 1.82) is 0 Å². The first-order chi connectivity index (χ1) is 17.4. The van der Waals surface area contributed by atoms with E-state index in [-0.39, 0.29) is 6.04 Å². The van der Waals surface area contributed by atoms with Crippen LogP contribution in [0.4, 0.5) is 0 Å². The van der Waals surface area contributed by atoms with Gasteiger partial charge in [0.15, 0.2) is 5.84 Å². The van der Waals surface area contributed by atoms with Crippen LogP contribution in [0.3, 0.4) is 0 Å². The number of nitrogens with two attached hydrogens (primary N) is 1. The van der Waals surface area contributed by atoms with Gasteiger partial charge >= 0.3 is 0 Å². The summed E-state index contributed by atoms with van der Waals surface area (Å²) in [6.07, 6.45) is 13.3. The Morgan fingerprint density at radius 2 is 2.03 bits per heavy atom. The number of amidine groups is 1. The fraction of sp³-hybridized carbons (Fsp3) is 0.414. The van der Waals surface area contributed by atoms with E-state index in [0.717, 1.165) is 50.3 Å². The minimum Gasteiger partial charge on any atom is -0.382 e. The molecule has 7 nitrogen and oxygen atoms in total. The number of aromatic nitrogens is 2. The maximum absolute atomic E-state index is 6.37. The lowest BCUT2D eigenvalue weighted by atomic mass is 9.95. The number of hydrogen-bond acceptors (Lipinski definition) is 6. The lowest BCUT2D eigenvalue weighted by Crippen LogP contribution is -2.40. The third kappa shape index (κ3) is 6.40. The number of benzene rings is 1. The van der Waals surface area contributed by atoms with Gasteiger partial charge in [0.05, 0.1) is 18.3 Å². The molecule has 2 aliphatic heterocycles. The summed E-state index contributed by atoms with van der Waals surface area (Å²) < 4.78 is 2.02. The third-order valence-electron chi connectivity index (χ3n) is 6.89. The van der Waals surface area contributed by atoms with Crippen molar-refractivity contribution in [3.63, 3.8) is 0 Å². The summed E-state index contributed by atoms with van der Waals surface area (Å²) in [5.74, 6) is 1.00. The molecule has 1 aromatic carbocycles. The minimum atomic E-state index is 0.159. The second kappa shape index (κ2) is 12.0. The van der Waals surface area contributed by atoms with Crippen molar-refractivity contribution < 1.29 is 0 Å². The molecule has 2 atom stereocenters. The van der Waals surface area contributed by atoms with Crippen LogP contribution < -0.4 is 11.1 Å². The normalized spacial score (nSPS) is 19.3. The van der Waals surface area contributed by atoms with Crippen LogP contribution in [-0.2, 0) is 6.54 Å². The smallest absolute Gasteiger partial charge is 0.150 e. The summed E-state index contributed by atoms with van der Waals surface area (Å²) in [6, 6.07) is 10.6. The Hall–Kier alpha value is -3.45. The summed E-state index contributed by atoms with van der Waals surface area (Å²) in [7, 11) is 0. The van der Waals surface area contributed by atoms with Gasteiger partial charge in [-0.15, -0.1) is 0 Å². The van der Waals surface area contributed by atoms with Crippen molar-refractivity contribution >= 4 is 18.3 Å². The van der Waals surface area contributed by atoms with Crippen LogP contribution in [0, 0.1) is 12.8 Å². The average molecular weight is 486 g/mol. The fourth-order valence-electron chi connectivity index (χ4n) is 4.93. The van der Waals surface area contributed by atoms with Gasteiger partial charge in [-0.05, 0) is 80.8 Å². The van der Waals surface area contributed by atoms with Gasteiger partial charge in [-0.25, -0.2) is 4.99 Å². The maximum Gasteiger partial charge on any atom is 0.150 e. The van der Waals surface area contributed by atoms with Gasteiger partial charge in [-0.1, -0.05) is 49.4 Å². The lowest BCUT2D eigenvalue weighted by Gasteiger charge is -2.34. The van der Waals surface area contributed by atoms with Gasteiger partial charge in [0.1, 0.15) is 12.0 Å². The van der Waals surface area contributed by atoms with E-state index in [1.807, 2.05) is 10.7 Å². The Labute approximate surface area is 215 Å². The molecule has 2 unspecified atom stereocenters. The first-order valence-electron chi connectivity index (χ1n) is 12.9. The molecule has 2 aliphatic rings. The fourth-order valence-corrected chi connectivity index (χ4v) is 4.93. The van der Waals surface area contributed by atoms with Crippen molar-refractivity contribution in [2.45, 2.75) is 59.5 Å². The molecule has 0 saturated heterocycles. The number of hydrazone groups is 1. The van der Waals surface area contributed by atoms with Gasteiger partial charge in [0, 0.05) is 12.7 Å². The van der Waals surface area contributed by atoms with Crippen molar-refractivity contribution in [1.82, 2.24) is 20.1 Å². The molecule has 3 N–H and O–H groups in total. The number of aliphatic imine (C=N–C) groups is 1. The number of nitrogens with one attached hydrogen (secondary N) is 1. The van der Waals surface area contributed by atoms with Gasteiger partial charge in [0.2, 0.25) is 0 Å². The maximum atomic E-state index is 6.37. The van der Waals surface area contributed by atoms with E-state index in [1.165, 1.54) is 22.3 Å². The van der Waals surface area contributed by atoms with Gasteiger partial charge < -0.3 is 11.1 Å². The molecule has 7 heteroatoms. The second-order valence-corrected chi connectivity index (χ2v) is 9.96. The van der Waals surface area contributed by atoms with Crippen molar-refractivity contribution in [3.05, 3.63) is 82.3 Å². The summed E-state index contributed by atoms with van der Waals surface area (Å²) in [4.78, 5) is 4.31. The van der Waals surface area contributed by atoms with Crippen LogP contribution in [-0.4, -0.2) is 46.1 Å². The second-order valence-electron chi connectivity index (χ2n) is 9.96. The molecule has 0 fully saturated rings. The first-order valence-corrected chi connectivity index (χ1v) is 12.9. The first kappa shape index (κ1) is 25.6. The molecule has 3 heterocycles. The standard InChI is InChI=1S/C29H39N7/c1-21(9-8-12-27-23(3)18-35(34-27)19-25-10-6-5-7-11-25)17-22(2)28-29(30)32-20-33-36(28)24(4)26-13-15-31-16-14-26/h5-8,10-13,18,20-21,24,31H,9,14-17,19H2,1-4H3,(H2,30,32,33)/b12-8-,28-22+. The Kier molecular flexibility index (Phi) is 8.54. The van der Waals surface area contributed by atoms with Crippen LogP contribution in [0.15, 0.2) is 75.6 Å². The Morgan fingerprint density at radius 3 is 2.78 bits per heavy atom. The molecule has 0 radical (unpaired) electrons. The Balaban J connectivity index is 1.39. The molecule has 0 bridgehead atoms. The van der Waals surface area contributed by atoms with Crippen molar-refractivity contribution in [2.24, 2.45) is 21.7 Å². The highest BCUT2D eigenvalue weighted by molar-refractivity contribution is 6.02. The summed E-state index contributed by atoms with van der Waals surface area (Å²) >= 11 is 0. The zero-order chi connectivity index (χ0) is 25.5. The number of nitrogens with zero attached hydrogens (tertiary/aromatic N) is 5. The molecule has 2 aromatic rings. The van der Waals surface area contributed by atoms with E-state index >= 15 is 0 Å². The summed E-state index contributed by atoms with van der Waals surface area (Å²) in [5.41, 5.74) is 13.4. The molecule has 4 rings (SSSR count). The summed E-state index contributed by atoms with van der Waals surface area (Å²) in [5, 5.41) is 14.8. The van der Waals surface area contributed by atoms with Crippen molar-refractivity contribution in [2.75, 3.05) is 13.1 Å². The van der Waals surface area contributed by atoms with Crippen LogP contribution >= 0.6 is 0 Å². The third-order valence-corrected chi connectivity index (χ3v) is 6.89. The highest BCUT2D eigenvalue weighted by atomic mass is 15.5. The van der Waals surface area contributed by atoms with E-state index < -0.39 is 0 Å². The van der Waals surface area contributed by atoms with Gasteiger partial charge in [-0.2, -0.15) is 10.2 Å². The van der Waals surface area contributed by atoms with Crippen molar-refractivity contribution in [3.8, 4) is 0 Å². The zero-order valence-corrected chi connectivity index (χ0v) is 22.0. The SMILES string of the molecule is C/C(CC(C)C/C=C\c1nn(Cc2ccccc2)cc1C)=C1/C(N)=NC=NN1C(C)C1=CCNCC1.